The number of carbonyl (C=O) groups excluding carboxylic acids is 1. The number of hydrogen-bond acceptors (Lipinski definition) is 6. The van der Waals surface area contributed by atoms with Crippen LogP contribution < -0.4 is 0 Å². The molecule has 0 saturated carbocycles. The normalized spacial score (nSPS) is 10.9. The van der Waals surface area contributed by atoms with Crippen molar-refractivity contribution in [2.75, 3.05) is 20.3 Å². The second kappa shape index (κ2) is 9.38. The van der Waals surface area contributed by atoms with Gasteiger partial charge in [-0.2, -0.15) is 0 Å². The van der Waals surface area contributed by atoms with Crippen LogP contribution in [0.2, 0.25) is 0 Å². The van der Waals surface area contributed by atoms with Gasteiger partial charge in [0.25, 0.3) is 5.91 Å². The minimum atomic E-state index is -0.175. The first-order chi connectivity index (χ1) is 13.2. The largest absolute Gasteiger partial charge is 0.455 e. The first-order valence-corrected chi connectivity index (χ1v) is 9.53. The number of aryl methyl sites for hydroxylation is 1. The molecule has 0 radical (unpaired) electrons. The summed E-state index contributed by atoms with van der Waals surface area (Å²) in [4.78, 5) is 23.1. The average Bonchev–Trinajstić information content (AvgIpc) is 3.32. The van der Waals surface area contributed by atoms with Crippen LogP contribution in [0, 0.1) is 0 Å². The number of hydrogen-bond donors (Lipinski definition) is 0. The van der Waals surface area contributed by atoms with Crippen molar-refractivity contribution in [1.29, 1.82) is 0 Å². The van der Waals surface area contributed by atoms with Crippen molar-refractivity contribution in [3.63, 3.8) is 0 Å². The van der Waals surface area contributed by atoms with E-state index in [9.17, 15) is 4.79 Å². The molecule has 3 aromatic rings. The second-order valence-corrected chi connectivity index (χ2v) is 6.86. The molecular formula is C19H22N4O3S. The Hall–Kier alpha value is -2.58. The van der Waals surface area contributed by atoms with E-state index in [1.54, 1.807) is 42.2 Å². The van der Waals surface area contributed by atoms with Crippen LogP contribution in [-0.2, 0) is 24.1 Å². The highest BCUT2D eigenvalue weighted by Gasteiger charge is 2.20. The van der Waals surface area contributed by atoms with Crippen LogP contribution in [0.15, 0.2) is 58.5 Å². The minimum Gasteiger partial charge on any atom is -0.455 e. The number of amides is 1. The van der Waals surface area contributed by atoms with Gasteiger partial charge in [-0.1, -0.05) is 17.8 Å². The minimum absolute atomic E-state index is 0.175. The summed E-state index contributed by atoms with van der Waals surface area (Å²) in [5, 5.41) is 0.899. The first-order valence-electron chi connectivity index (χ1n) is 8.54. The Morgan fingerprint density at radius 3 is 2.85 bits per heavy atom. The predicted octanol–water partition coefficient (Wildman–Crippen LogP) is 2.99. The van der Waals surface area contributed by atoms with Crippen molar-refractivity contribution in [1.82, 2.24) is 19.4 Å². The Balaban J connectivity index is 1.66. The van der Waals surface area contributed by atoms with Gasteiger partial charge in [0.2, 0.25) is 0 Å². The summed E-state index contributed by atoms with van der Waals surface area (Å²) in [6.45, 7) is 1.31. The summed E-state index contributed by atoms with van der Waals surface area (Å²) in [7, 11) is 3.56. The third-order valence-electron chi connectivity index (χ3n) is 3.92. The molecule has 3 heterocycles. The number of carbonyl (C=O) groups is 1. The third kappa shape index (κ3) is 5.21. The number of methoxy groups -OCH3 is 1. The van der Waals surface area contributed by atoms with Gasteiger partial charge in [0.05, 0.1) is 24.6 Å². The number of furan rings is 1. The number of ether oxygens (including phenoxy) is 1. The highest BCUT2D eigenvalue weighted by molar-refractivity contribution is 7.98. The number of imidazole rings is 1. The molecule has 0 fully saturated rings. The molecule has 0 unspecified atom stereocenters. The highest BCUT2D eigenvalue weighted by atomic mass is 32.2. The zero-order chi connectivity index (χ0) is 19.1. The van der Waals surface area contributed by atoms with E-state index in [0.29, 0.717) is 31.2 Å². The summed E-state index contributed by atoms with van der Waals surface area (Å²) >= 11 is 1.56. The molecule has 1 amide bonds. The van der Waals surface area contributed by atoms with Gasteiger partial charge in [-0.15, -0.1) is 0 Å². The van der Waals surface area contributed by atoms with Crippen molar-refractivity contribution >= 4 is 17.7 Å². The fourth-order valence-electron chi connectivity index (χ4n) is 2.49. The number of pyridine rings is 1. The van der Waals surface area contributed by atoms with Crippen molar-refractivity contribution in [2.45, 2.75) is 17.5 Å². The Bertz CT molecular complexity index is 863. The van der Waals surface area contributed by atoms with Crippen LogP contribution in [0.25, 0.3) is 0 Å². The smallest absolute Gasteiger partial charge is 0.289 e. The topological polar surface area (TPSA) is 73.4 Å². The predicted molar refractivity (Wildman–Crippen MR) is 102 cm³/mol. The molecule has 3 aromatic heterocycles. The van der Waals surface area contributed by atoms with Gasteiger partial charge in [-0.3, -0.25) is 9.78 Å². The van der Waals surface area contributed by atoms with Crippen molar-refractivity contribution in [3.8, 4) is 0 Å². The highest BCUT2D eigenvalue weighted by Crippen LogP contribution is 2.22. The van der Waals surface area contributed by atoms with Gasteiger partial charge >= 0.3 is 0 Å². The standard InChI is InChI=1S/C19H22N4O3S/c1-22-10-9-21-19(22)27-14-16-6-7-17(26-16)18(24)23(11-12-25-2)13-15-5-3-4-8-20-15/h3-10H,11-14H2,1-2H3. The number of thioether (sulfide) groups is 1. The van der Waals surface area contributed by atoms with E-state index >= 15 is 0 Å². The van der Waals surface area contributed by atoms with E-state index in [4.69, 9.17) is 9.15 Å². The molecule has 0 N–H and O–H groups in total. The summed E-state index contributed by atoms with van der Waals surface area (Å²) < 4.78 is 12.9. The maximum Gasteiger partial charge on any atom is 0.289 e. The summed E-state index contributed by atoms with van der Waals surface area (Å²) in [6, 6.07) is 9.20. The first kappa shape index (κ1) is 19.2. The van der Waals surface area contributed by atoms with E-state index < -0.39 is 0 Å². The molecule has 0 aliphatic carbocycles. The van der Waals surface area contributed by atoms with E-state index in [1.807, 2.05) is 42.1 Å². The van der Waals surface area contributed by atoms with Gasteiger partial charge in [0, 0.05) is 39.3 Å². The van der Waals surface area contributed by atoms with E-state index in [1.165, 1.54) is 0 Å². The molecule has 0 aliphatic heterocycles. The number of aromatic nitrogens is 3. The lowest BCUT2D eigenvalue weighted by atomic mass is 10.3. The molecule has 142 valence electrons. The van der Waals surface area contributed by atoms with Gasteiger partial charge in [-0.25, -0.2) is 4.98 Å². The van der Waals surface area contributed by atoms with E-state index in [2.05, 4.69) is 9.97 Å². The molecule has 0 aliphatic rings. The van der Waals surface area contributed by atoms with Gasteiger partial charge < -0.3 is 18.6 Å². The number of rotatable bonds is 9. The summed E-state index contributed by atoms with van der Waals surface area (Å²) in [5.74, 6) is 1.48. The van der Waals surface area contributed by atoms with Crippen LogP contribution in [0.1, 0.15) is 22.0 Å². The Kier molecular flexibility index (Phi) is 6.67. The molecule has 0 saturated heterocycles. The van der Waals surface area contributed by atoms with E-state index in [0.717, 1.165) is 16.6 Å². The van der Waals surface area contributed by atoms with Gasteiger partial charge in [0.15, 0.2) is 10.9 Å². The zero-order valence-corrected chi connectivity index (χ0v) is 16.2. The summed E-state index contributed by atoms with van der Waals surface area (Å²) in [5.41, 5.74) is 0.819. The molecule has 27 heavy (non-hydrogen) atoms. The van der Waals surface area contributed by atoms with Crippen molar-refractivity contribution in [3.05, 3.63) is 66.1 Å². The van der Waals surface area contributed by atoms with Gasteiger partial charge in [-0.05, 0) is 24.3 Å². The van der Waals surface area contributed by atoms with Crippen molar-refractivity contribution < 1.29 is 13.9 Å². The van der Waals surface area contributed by atoms with Crippen LogP contribution >= 0.6 is 11.8 Å². The van der Waals surface area contributed by atoms with Crippen LogP contribution in [-0.4, -0.2) is 45.6 Å². The third-order valence-corrected chi connectivity index (χ3v) is 5.00. The van der Waals surface area contributed by atoms with E-state index in [-0.39, 0.29) is 5.91 Å². The molecule has 0 spiro atoms. The SMILES string of the molecule is COCCN(Cc1ccccn1)C(=O)c1ccc(CSc2nccn2C)o1. The van der Waals surface area contributed by atoms with Crippen LogP contribution in [0.5, 0.6) is 0 Å². The average molecular weight is 386 g/mol. The second-order valence-electron chi connectivity index (χ2n) is 5.92. The molecule has 8 heteroatoms. The Morgan fingerprint density at radius 2 is 2.15 bits per heavy atom. The molecule has 7 nitrogen and oxygen atoms in total. The maximum atomic E-state index is 12.9. The lowest BCUT2D eigenvalue weighted by molar-refractivity contribution is 0.0645. The van der Waals surface area contributed by atoms with Crippen LogP contribution in [0.3, 0.4) is 0 Å². The molecule has 3 rings (SSSR count). The zero-order valence-electron chi connectivity index (χ0n) is 15.4. The Labute approximate surface area is 162 Å². The quantitative estimate of drug-likeness (QED) is 0.527. The van der Waals surface area contributed by atoms with Gasteiger partial charge in [0.1, 0.15) is 5.76 Å². The molecule has 0 bridgehead atoms. The molecule has 0 atom stereocenters. The monoisotopic (exact) mass is 386 g/mol. The van der Waals surface area contributed by atoms with Crippen LogP contribution in [0.4, 0.5) is 0 Å². The lowest BCUT2D eigenvalue weighted by Crippen LogP contribution is -2.33. The lowest BCUT2D eigenvalue weighted by Gasteiger charge is -2.20. The fraction of sp³-hybridized carbons (Fsp3) is 0.316. The molecular weight excluding hydrogens is 364 g/mol. The number of nitrogens with zero attached hydrogens (tertiary/aromatic N) is 4. The Morgan fingerprint density at radius 1 is 1.26 bits per heavy atom. The summed E-state index contributed by atoms with van der Waals surface area (Å²) in [6.07, 6.45) is 5.36. The fourth-order valence-corrected chi connectivity index (χ4v) is 3.32. The molecule has 0 aromatic carbocycles. The maximum absolute atomic E-state index is 12.9. The van der Waals surface area contributed by atoms with Crippen molar-refractivity contribution in [2.24, 2.45) is 7.05 Å².